The summed E-state index contributed by atoms with van der Waals surface area (Å²) < 4.78 is 21.3. The number of Topliss-reactive ketones (excluding diaryl/α,β-unsaturated/α-hetero) is 1. The van der Waals surface area contributed by atoms with Gasteiger partial charge in [-0.2, -0.15) is 0 Å². The fourth-order valence-corrected chi connectivity index (χ4v) is 6.22. The lowest BCUT2D eigenvalue weighted by atomic mass is 9.54. The maximum atomic E-state index is 15.5. The van der Waals surface area contributed by atoms with Gasteiger partial charge in [0.05, 0.1) is 0 Å². The number of hydrogen-bond donors (Lipinski definition) is 0. The Morgan fingerprint density at radius 3 is 2.28 bits per heavy atom. The van der Waals surface area contributed by atoms with Crippen molar-refractivity contribution >= 4 is 11.8 Å². The van der Waals surface area contributed by atoms with Crippen LogP contribution in [-0.2, 0) is 16.0 Å². The van der Waals surface area contributed by atoms with Crippen LogP contribution in [0.3, 0.4) is 0 Å². The smallest absolute Gasteiger partial charge is 0.352 e. The van der Waals surface area contributed by atoms with Gasteiger partial charge in [0.1, 0.15) is 5.60 Å². The molecule has 5 aliphatic carbocycles. The fourth-order valence-electron chi connectivity index (χ4n) is 6.22. The molecular formula is C21H23FO3. The molecule has 0 aliphatic heterocycles. The molecule has 4 bridgehead atoms. The number of ether oxygens (including phenoxy) is 1. The predicted molar refractivity (Wildman–Crippen MR) is 89.9 cm³/mol. The third-order valence-corrected chi connectivity index (χ3v) is 6.98. The number of benzene rings is 1. The molecule has 1 aromatic rings. The van der Waals surface area contributed by atoms with E-state index in [2.05, 4.69) is 0 Å². The molecule has 3 nitrogen and oxygen atoms in total. The van der Waals surface area contributed by atoms with Gasteiger partial charge in [0, 0.05) is 12.0 Å². The Kier molecular flexibility index (Phi) is 3.20. The van der Waals surface area contributed by atoms with Crippen molar-refractivity contribution in [3.8, 4) is 0 Å². The minimum atomic E-state index is -2.52. The summed E-state index contributed by atoms with van der Waals surface area (Å²) in [6.45, 7) is 0. The number of rotatable bonds is 2. The summed E-state index contributed by atoms with van der Waals surface area (Å²) >= 11 is 0. The number of carbonyl (C=O) groups excluding carboxylic acids is 2. The van der Waals surface area contributed by atoms with E-state index < -0.39 is 23.0 Å². The lowest BCUT2D eigenvalue weighted by Crippen LogP contribution is -2.56. The summed E-state index contributed by atoms with van der Waals surface area (Å²) in [6.07, 6.45) is 6.53. The van der Waals surface area contributed by atoms with Gasteiger partial charge < -0.3 is 4.74 Å². The van der Waals surface area contributed by atoms with Crippen LogP contribution in [0.4, 0.5) is 4.39 Å². The first kappa shape index (κ1) is 15.5. The third-order valence-electron chi connectivity index (χ3n) is 6.98. The van der Waals surface area contributed by atoms with Crippen molar-refractivity contribution in [1.82, 2.24) is 0 Å². The van der Waals surface area contributed by atoms with Crippen molar-refractivity contribution in [3.05, 3.63) is 35.4 Å². The minimum absolute atomic E-state index is 0.103. The molecule has 0 aromatic heterocycles. The van der Waals surface area contributed by atoms with Crippen LogP contribution in [0.25, 0.3) is 0 Å². The third kappa shape index (κ3) is 2.29. The first-order valence-electron chi connectivity index (χ1n) is 9.52. The Balaban J connectivity index is 1.41. The highest BCUT2D eigenvalue weighted by Gasteiger charge is 2.57. The van der Waals surface area contributed by atoms with Crippen LogP contribution in [-0.4, -0.2) is 23.0 Å². The lowest BCUT2D eigenvalue weighted by molar-refractivity contribution is -0.196. The van der Waals surface area contributed by atoms with E-state index in [1.54, 1.807) is 12.1 Å². The first-order valence-corrected chi connectivity index (χ1v) is 9.52. The molecule has 4 heteroatoms. The Labute approximate surface area is 146 Å². The van der Waals surface area contributed by atoms with Crippen molar-refractivity contribution in [2.45, 2.75) is 62.6 Å². The quantitative estimate of drug-likeness (QED) is 0.602. The van der Waals surface area contributed by atoms with Crippen LogP contribution in [0.2, 0.25) is 0 Å². The standard InChI is InChI=1S/C21H23FO3/c22-21(6-5-16-3-1-2-4-17(16)18(21)23)19(24)25-20-10-13-7-14(11-20)9-15(8-13)12-20/h1-4,13-15H,5-12H2/t13?,14?,15?,20?,21-/m0/s1. The van der Waals surface area contributed by atoms with Crippen molar-refractivity contribution < 1.29 is 18.7 Å². The SMILES string of the molecule is O=C(OC12CC3CC(CC(C3)C1)C2)[C@]1(F)CCc2ccccc2C1=O. The first-order chi connectivity index (χ1) is 12.0. The molecule has 132 valence electrons. The molecule has 4 fully saturated rings. The van der Waals surface area contributed by atoms with Crippen molar-refractivity contribution in [2.75, 3.05) is 0 Å². The van der Waals surface area contributed by atoms with Crippen LogP contribution in [0, 0.1) is 17.8 Å². The lowest BCUT2D eigenvalue weighted by Gasteiger charge is -2.56. The van der Waals surface area contributed by atoms with E-state index in [4.69, 9.17) is 4.74 Å². The maximum Gasteiger partial charge on any atom is 0.352 e. The molecule has 0 amide bonds. The molecule has 0 unspecified atom stereocenters. The molecule has 0 saturated heterocycles. The van der Waals surface area contributed by atoms with Crippen LogP contribution >= 0.6 is 0 Å². The minimum Gasteiger partial charge on any atom is -0.456 e. The molecule has 0 heterocycles. The zero-order valence-corrected chi connectivity index (χ0v) is 14.3. The highest BCUT2D eigenvalue weighted by Crippen LogP contribution is 2.57. The molecule has 1 aromatic carbocycles. The number of ketones is 1. The molecule has 0 spiro atoms. The monoisotopic (exact) mass is 342 g/mol. The molecule has 6 rings (SSSR count). The molecule has 0 N–H and O–H groups in total. The van der Waals surface area contributed by atoms with Gasteiger partial charge in [0.2, 0.25) is 5.78 Å². The van der Waals surface area contributed by atoms with Gasteiger partial charge in [-0.15, -0.1) is 0 Å². The number of alkyl halides is 1. The Hall–Kier alpha value is -1.71. The average Bonchev–Trinajstić information content (AvgIpc) is 2.57. The van der Waals surface area contributed by atoms with Crippen molar-refractivity contribution in [3.63, 3.8) is 0 Å². The highest BCUT2D eigenvalue weighted by atomic mass is 19.1. The molecule has 1 atom stereocenters. The Bertz CT molecular complexity index is 720. The Morgan fingerprint density at radius 1 is 1.04 bits per heavy atom. The van der Waals surface area contributed by atoms with E-state index in [0.717, 1.165) is 24.8 Å². The van der Waals surface area contributed by atoms with Crippen LogP contribution in [0.5, 0.6) is 0 Å². The molecule has 0 radical (unpaired) electrons. The van der Waals surface area contributed by atoms with Gasteiger partial charge in [-0.3, -0.25) is 4.79 Å². The number of halogens is 1. The summed E-state index contributed by atoms with van der Waals surface area (Å²) in [7, 11) is 0. The van der Waals surface area contributed by atoms with Gasteiger partial charge in [-0.05, 0) is 68.3 Å². The second-order valence-corrected chi connectivity index (χ2v) is 8.78. The van der Waals surface area contributed by atoms with E-state index in [1.807, 2.05) is 12.1 Å². The Morgan fingerprint density at radius 2 is 1.64 bits per heavy atom. The molecule has 5 aliphatic rings. The van der Waals surface area contributed by atoms with E-state index in [0.29, 0.717) is 29.7 Å². The summed E-state index contributed by atoms with van der Waals surface area (Å²) in [5.74, 6) is 0.171. The number of esters is 1. The summed E-state index contributed by atoms with van der Waals surface area (Å²) in [4.78, 5) is 25.5. The number of fused-ring (bicyclic) bond motifs is 1. The topological polar surface area (TPSA) is 43.4 Å². The van der Waals surface area contributed by atoms with E-state index in [9.17, 15) is 9.59 Å². The normalized spacial score (nSPS) is 41.5. The summed E-state index contributed by atoms with van der Waals surface area (Å²) in [6, 6.07) is 7.00. The molecule has 25 heavy (non-hydrogen) atoms. The van der Waals surface area contributed by atoms with Crippen molar-refractivity contribution in [1.29, 1.82) is 0 Å². The van der Waals surface area contributed by atoms with Crippen molar-refractivity contribution in [2.24, 2.45) is 17.8 Å². The van der Waals surface area contributed by atoms with Gasteiger partial charge in [-0.1, -0.05) is 24.3 Å². The van der Waals surface area contributed by atoms with Gasteiger partial charge in [0.25, 0.3) is 5.67 Å². The van der Waals surface area contributed by atoms with E-state index >= 15 is 4.39 Å². The maximum absolute atomic E-state index is 15.5. The zero-order chi connectivity index (χ0) is 17.2. The van der Waals surface area contributed by atoms with Crippen LogP contribution in [0.15, 0.2) is 24.3 Å². The fraction of sp³-hybridized carbons (Fsp3) is 0.619. The van der Waals surface area contributed by atoms with Crippen LogP contribution in [0.1, 0.15) is 60.9 Å². The van der Waals surface area contributed by atoms with E-state index in [-0.39, 0.29) is 6.42 Å². The summed E-state index contributed by atoms with van der Waals surface area (Å²) in [5, 5.41) is 0. The van der Waals surface area contributed by atoms with Gasteiger partial charge in [0.15, 0.2) is 0 Å². The molecule has 4 saturated carbocycles. The zero-order valence-electron chi connectivity index (χ0n) is 14.3. The summed E-state index contributed by atoms with van der Waals surface area (Å²) in [5.41, 5.74) is -1.87. The second kappa shape index (κ2) is 5.15. The second-order valence-electron chi connectivity index (χ2n) is 8.78. The number of aryl methyl sites for hydroxylation is 1. The van der Waals surface area contributed by atoms with E-state index in [1.165, 1.54) is 19.3 Å². The van der Waals surface area contributed by atoms with Crippen LogP contribution < -0.4 is 0 Å². The predicted octanol–water partition coefficient (Wildman–Crippen LogP) is 4.04. The van der Waals surface area contributed by atoms with Gasteiger partial charge >= 0.3 is 5.97 Å². The largest absolute Gasteiger partial charge is 0.456 e. The number of carbonyl (C=O) groups is 2. The van der Waals surface area contributed by atoms with Gasteiger partial charge in [-0.25, -0.2) is 9.18 Å². The number of hydrogen-bond acceptors (Lipinski definition) is 3. The average molecular weight is 342 g/mol. The molecular weight excluding hydrogens is 319 g/mol. The highest BCUT2D eigenvalue weighted by molar-refractivity contribution is 6.16.